The van der Waals surface area contributed by atoms with Crippen LogP contribution in [-0.2, 0) is 6.42 Å². The summed E-state index contributed by atoms with van der Waals surface area (Å²) in [6.45, 7) is 1.68. The maximum absolute atomic E-state index is 12.2. The zero-order valence-corrected chi connectivity index (χ0v) is 9.80. The van der Waals surface area contributed by atoms with Crippen LogP contribution in [-0.4, -0.2) is 30.7 Å². The lowest BCUT2D eigenvalue weighted by molar-refractivity contribution is -0.145. The molecule has 0 amide bonds. The number of hydrogen-bond donors (Lipinski definition) is 1. The summed E-state index contributed by atoms with van der Waals surface area (Å²) in [4.78, 5) is 1.39. The van der Waals surface area contributed by atoms with E-state index in [4.69, 9.17) is 5.73 Å². The fraction of sp³-hybridized carbons (Fsp3) is 0.500. The molecule has 0 atom stereocenters. The third-order valence-electron chi connectivity index (χ3n) is 2.55. The van der Waals surface area contributed by atoms with Crippen molar-refractivity contribution in [3.05, 3.63) is 29.8 Å². The molecule has 1 rings (SSSR count). The summed E-state index contributed by atoms with van der Waals surface area (Å²) in [6, 6.07) is 7.21. The van der Waals surface area contributed by atoms with Crippen molar-refractivity contribution in [2.24, 2.45) is 0 Å². The molecule has 0 spiro atoms. The summed E-state index contributed by atoms with van der Waals surface area (Å²) in [5, 5.41) is 0. The molecule has 0 unspecified atom stereocenters. The van der Waals surface area contributed by atoms with Gasteiger partial charge in [-0.3, -0.25) is 4.90 Å². The van der Waals surface area contributed by atoms with Crippen LogP contribution in [0, 0.1) is 0 Å². The largest absolute Gasteiger partial charge is 0.401 e. The highest BCUT2D eigenvalue weighted by Gasteiger charge is 2.29. The molecule has 1 aromatic carbocycles. The molecule has 96 valence electrons. The topological polar surface area (TPSA) is 29.3 Å². The average Bonchev–Trinajstić information content (AvgIpc) is 2.25. The summed E-state index contributed by atoms with van der Waals surface area (Å²) in [7, 11) is 0. The summed E-state index contributed by atoms with van der Waals surface area (Å²) >= 11 is 0. The van der Waals surface area contributed by atoms with E-state index in [9.17, 15) is 13.2 Å². The van der Waals surface area contributed by atoms with Crippen LogP contribution in [0.2, 0.25) is 0 Å². The molecule has 17 heavy (non-hydrogen) atoms. The molecule has 2 nitrogen and oxygen atoms in total. The smallest absolute Gasteiger partial charge is 0.399 e. The number of rotatable bonds is 5. The number of likely N-dealkylation sites (N-methyl/N-ethyl adjacent to an activating group) is 1. The molecule has 0 aliphatic heterocycles. The van der Waals surface area contributed by atoms with E-state index in [0.29, 0.717) is 25.2 Å². The van der Waals surface area contributed by atoms with Crippen LogP contribution in [0.5, 0.6) is 0 Å². The van der Waals surface area contributed by atoms with Gasteiger partial charge in [0.15, 0.2) is 0 Å². The van der Waals surface area contributed by atoms with E-state index in [1.807, 2.05) is 12.1 Å². The van der Waals surface area contributed by atoms with Gasteiger partial charge in [0, 0.05) is 12.2 Å². The molecular weight excluding hydrogens is 229 g/mol. The summed E-state index contributed by atoms with van der Waals surface area (Å²) in [5.74, 6) is 0. The van der Waals surface area contributed by atoms with Crippen molar-refractivity contribution in [3.63, 3.8) is 0 Å². The van der Waals surface area contributed by atoms with E-state index in [1.54, 1.807) is 19.1 Å². The Labute approximate surface area is 99.2 Å². The quantitative estimate of drug-likeness (QED) is 0.809. The van der Waals surface area contributed by atoms with Gasteiger partial charge in [-0.25, -0.2) is 0 Å². The van der Waals surface area contributed by atoms with E-state index < -0.39 is 12.7 Å². The highest BCUT2D eigenvalue weighted by molar-refractivity contribution is 5.39. The van der Waals surface area contributed by atoms with Crippen molar-refractivity contribution in [1.82, 2.24) is 4.90 Å². The molecule has 0 saturated heterocycles. The lowest BCUT2D eigenvalue weighted by Crippen LogP contribution is -2.35. The molecule has 1 aromatic rings. The number of halogens is 3. The lowest BCUT2D eigenvalue weighted by Gasteiger charge is -2.21. The number of hydrogen-bond acceptors (Lipinski definition) is 2. The average molecular weight is 246 g/mol. The van der Waals surface area contributed by atoms with Crippen molar-refractivity contribution < 1.29 is 13.2 Å². The van der Waals surface area contributed by atoms with Crippen molar-refractivity contribution >= 4 is 5.69 Å². The minimum Gasteiger partial charge on any atom is -0.399 e. The van der Waals surface area contributed by atoms with Gasteiger partial charge in [-0.15, -0.1) is 0 Å². The van der Waals surface area contributed by atoms with E-state index in [-0.39, 0.29) is 0 Å². The fourth-order valence-corrected chi connectivity index (χ4v) is 1.57. The van der Waals surface area contributed by atoms with Crippen LogP contribution in [0.3, 0.4) is 0 Å². The molecule has 5 heteroatoms. The van der Waals surface area contributed by atoms with Crippen LogP contribution in [0.4, 0.5) is 18.9 Å². The maximum Gasteiger partial charge on any atom is 0.401 e. The van der Waals surface area contributed by atoms with Gasteiger partial charge < -0.3 is 5.73 Å². The first-order chi connectivity index (χ1) is 7.90. The van der Waals surface area contributed by atoms with Gasteiger partial charge in [-0.1, -0.05) is 19.1 Å². The van der Waals surface area contributed by atoms with Crippen molar-refractivity contribution in [3.8, 4) is 0 Å². The monoisotopic (exact) mass is 246 g/mol. The van der Waals surface area contributed by atoms with Crippen molar-refractivity contribution in [1.29, 1.82) is 0 Å². The molecule has 2 N–H and O–H groups in total. The van der Waals surface area contributed by atoms with Crippen molar-refractivity contribution in [2.75, 3.05) is 25.4 Å². The van der Waals surface area contributed by atoms with E-state index in [2.05, 4.69) is 0 Å². The number of nitrogens with zero attached hydrogens (tertiary/aromatic N) is 1. The standard InChI is InChI=1S/C12H17F3N2/c1-2-17(9-12(13,14)15)8-7-10-3-5-11(16)6-4-10/h3-6H,2,7-9,16H2,1H3. The van der Waals surface area contributed by atoms with Gasteiger partial charge >= 0.3 is 6.18 Å². The van der Waals surface area contributed by atoms with Gasteiger partial charge in [-0.2, -0.15) is 13.2 Å². The van der Waals surface area contributed by atoms with Crippen molar-refractivity contribution in [2.45, 2.75) is 19.5 Å². The van der Waals surface area contributed by atoms with E-state index in [0.717, 1.165) is 5.56 Å². The van der Waals surface area contributed by atoms with E-state index in [1.165, 1.54) is 4.90 Å². The lowest BCUT2D eigenvalue weighted by atomic mass is 10.1. The van der Waals surface area contributed by atoms with Gasteiger partial charge in [0.25, 0.3) is 0 Å². The summed E-state index contributed by atoms with van der Waals surface area (Å²) in [5.41, 5.74) is 7.20. The molecule has 0 aliphatic carbocycles. The van der Waals surface area contributed by atoms with Gasteiger partial charge in [0.1, 0.15) is 0 Å². The Balaban J connectivity index is 2.45. The van der Waals surface area contributed by atoms with Crippen LogP contribution in [0.15, 0.2) is 24.3 Å². The Morgan fingerprint density at radius 1 is 1.18 bits per heavy atom. The van der Waals surface area contributed by atoms with Gasteiger partial charge in [-0.05, 0) is 30.7 Å². The second-order valence-corrected chi connectivity index (χ2v) is 3.98. The van der Waals surface area contributed by atoms with Crippen LogP contribution >= 0.6 is 0 Å². The Kier molecular flexibility index (Phi) is 4.81. The Morgan fingerprint density at radius 3 is 2.24 bits per heavy atom. The third-order valence-corrected chi connectivity index (χ3v) is 2.55. The third kappa shape index (κ3) is 5.58. The first kappa shape index (κ1) is 13.8. The van der Waals surface area contributed by atoms with Gasteiger partial charge in [0.2, 0.25) is 0 Å². The highest BCUT2D eigenvalue weighted by atomic mass is 19.4. The molecule has 0 radical (unpaired) electrons. The highest BCUT2D eigenvalue weighted by Crippen LogP contribution is 2.16. The number of nitrogens with two attached hydrogens (primary N) is 1. The maximum atomic E-state index is 12.2. The summed E-state index contributed by atoms with van der Waals surface area (Å²) < 4.78 is 36.6. The molecule has 0 aromatic heterocycles. The molecule has 0 saturated carbocycles. The minimum atomic E-state index is -4.13. The molecule has 0 heterocycles. The SMILES string of the molecule is CCN(CCc1ccc(N)cc1)CC(F)(F)F. The number of alkyl halides is 3. The molecule has 0 aliphatic rings. The Bertz CT molecular complexity index is 333. The fourth-order valence-electron chi connectivity index (χ4n) is 1.57. The Hall–Kier alpha value is -1.23. The second kappa shape index (κ2) is 5.91. The molecule has 0 bridgehead atoms. The number of nitrogen functional groups attached to an aromatic ring is 1. The minimum absolute atomic E-state index is 0.397. The van der Waals surface area contributed by atoms with Crippen LogP contribution in [0.1, 0.15) is 12.5 Å². The number of anilines is 1. The number of benzene rings is 1. The van der Waals surface area contributed by atoms with E-state index >= 15 is 0 Å². The Morgan fingerprint density at radius 2 is 1.76 bits per heavy atom. The molecule has 0 fully saturated rings. The predicted molar refractivity (Wildman–Crippen MR) is 62.7 cm³/mol. The van der Waals surface area contributed by atoms with Gasteiger partial charge in [0.05, 0.1) is 6.54 Å². The first-order valence-electron chi connectivity index (χ1n) is 5.54. The normalized spacial score (nSPS) is 12.1. The first-order valence-corrected chi connectivity index (χ1v) is 5.54. The predicted octanol–water partition coefficient (Wildman–Crippen LogP) is 2.70. The zero-order valence-electron chi connectivity index (χ0n) is 9.80. The zero-order chi connectivity index (χ0) is 12.9. The summed E-state index contributed by atoms with van der Waals surface area (Å²) in [6.07, 6.45) is -3.53. The van der Waals surface area contributed by atoms with Crippen LogP contribution in [0.25, 0.3) is 0 Å². The van der Waals surface area contributed by atoms with Crippen LogP contribution < -0.4 is 5.73 Å². The second-order valence-electron chi connectivity index (χ2n) is 3.98. The molecular formula is C12H17F3N2.